The Bertz CT molecular complexity index is 461. The first kappa shape index (κ1) is 34.1. The fourth-order valence-electron chi connectivity index (χ4n) is 3.07. The number of unbranched alkanes of at least 4 members (excludes halogenated alkanes) is 13. The normalized spacial score (nSPS) is 10.8. The number of carbonyl (C=O) groups is 1. The van der Waals surface area contributed by atoms with Gasteiger partial charge in [-0.05, 0) is 13.3 Å². The summed E-state index contributed by atoms with van der Waals surface area (Å²) in [7, 11) is 0. The summed E-state index contributed by atoms with van der Waals surface area (Å²) in [6, 6.07) is 6.31. The molecule has 0 amide bonds. The fourth-order valence-corrected chi connectivity index (χ4v) is 3.07. The molecule has 6 heteroatoms. The average molecular weight is 494 g/mol. The molecule has 0 saturated heterocycles. The number of aryl methyl sites for hydroxylation is 1. The van der Waals surface area contributed by atoms with Crippen LogP contribution in [0.3, 0.4) is 0 Å². The Morgan fingerprint density at radius 1 is 0.800 bits per heavy atom. The topological polar surface area (TPSA) is 64.2 Å². The number of carboxylic acid groups (broad SMARTS) is 1. The SMILES string of the molecule is CC(O)C(=O)[O-].CCCCCCCCCCCCCCCC[n+]1ccccc1.[Cl-].[Zn]. The predicted octanol–water partition coefficient (Wildman–Crippen LogP) is 1.57. The molecule has 0 aromatic carbocycles. The van der Waals surface area contributed by atoms with E-state index in [0.717, 1.165) is 6.92 Å². The van der Waals surface area contributed by atoms with Crippen LogP contribution >= 0.6 is 0 Å². The van der Waals surface area contributed by atoms with Crippen LogP contribution in [0.4, 0.5) is 0 Å². The summed E-state index contributed by atoms with van der Waals surface area (Å²) in [5.41, 5.74) is 0. The number of carboxylic acids is 1. The molecule has 4 nitrogen and oxygen atoms in total. The van der Waals surface area contributed by atoms with E-state index in [9.17, 15) is 9.90 Å². The summed E-state index contributed by atoms with van der Waals surface area (Å²) in [4.78, 5) is 9.34. The van der Waals surface area contributed by atoms with Crippen molar-refractivity contribution in [2.24, 2.45) is 0 Å². The molecule has 1 rings (SSSR count). The quantitative estimate of drug-likeness (QED) is 0.216. The molecule has 0 aliphatic rings. The molecule has 1 atom stereocenters. The largest absolute Gasteiger partial charge is 1.00 e. The minimum absolute atomic E-state index is 0. The van der Waals surface area contributed by atoms with Gasteiger partial charge in [0.15, 0.2) is 12.4 Å². The Balaban J connectivity index is -0.000000799. The summed E-state index contributed by atoms with van der Waals surface area (Å²) >= 11 is 0. The Kier molecular flexibility index (Phi) is 30.2. The first-order chi connectivity index (χ1) is 13.6. The maximum absolute atomic E-state index is 9.34. The number of hydrogen-bond donors (Lipinski definition) is 1. The molecule has 1 unspecified atom stereocenters. The molecule has 0 aliphatic heterocycles. The smallest absolute Gasteiger partial charge is 0.168 e. The van der Waals surface area contributed by atoms with Crippen molar-refractivity contribution in [1.29, 1.82) is 0 Å². The van der Waals surface area contributed by atoms with Gasteiger partial charge in [0, 0.05) is 38.0 Å². The second-order valence-electron chi connectivity index (χ2n) is 7.70. The van der Waals surface area contributed by atoms with Crippen LogP contribution in [0.25, 0.3) is 0 Å². The number of hydrogen-bond acceptors (Lipinski definition) is 3. The molecule has 1 heterocycles. The molecular formula is C24H43ClNO3Zn-. The number of rotatable bonds is 16. The Morgan fingerprint density at radius 2 is 1.13 bits per heavy atom. The van der Waals surface area contributed by atoms with Crippen LogP contribution in [-0.2, 0) is 30.8 Å². The van der Waals surface area contributed by atoms with E-state index in [0.29, 0.717) is 0 Å². The summed E-state index contributed by atoms with van der Waals surface area (Å²) in [5, 5.41) is 17.3. The third-order valence-corrected chi connectivity index (χ3v) is 4.89. The van der Waals surface area contributed by atoms with Crippen LogP contribution < -0.4 is 22.1 Å². The van der Waals surface area contributed by atoms with E-state index in [1.165, 1.54) is 96.4 Å². The molecule has 0 spiro atoms. The van der Waals surface area contributed by atoms with Crippen LogP contribution in [0.5, 0.6) is 0 Å². The number of aliphatic hydroxyl groups is 1. The predicted molar refractivity (Wildman–Crippen MR) is 114 cm³/mol. The monoisotopic (exact) mass is 492 g/mol. The van der Waals surface area contributed by atoms with Gasteiger partial charge in [0.1, 0.15) is 6.54 Å². The Morgan fingerprint density at radius 3 is 1.47 bits per heavy atom. The zero-order valence-corrected chi connectivity index (χ0v) is 23.1. The maximum atomic E-state index is 9.34. The molecule has 172 valence electrons. The number of carbonyl (C=O) groups excluding carboxylic acids is 1. The van der Waals surface area contributed by atoms with Gasteiger partial charge in [-0.25, -0.2) is 4.57 Å². The minimum Gasteiger partial charge on any atom is -1.00 e. The van der Waals surface area contributed by atoms with Crippen molar-refractivity contribution in [3.05, 3.63) is 30.6 Å². The van der Waals surface area contributed by atoms with E-state index in [1.54, 1.807) is 0 Å². The van der Waals surface area contributed by atoms with Gasteiger partial charge in [0.25, 0.3) is 0 Å². The van der Waals surface area contributed by atoms with Crippen molar-refractivity contribution in [3.63, 3.8) is 0 Å². The van der Waals surface area contributed by atoms with E-state index in [2.05, 4.69) is 42.1 Å². The van der Waals surface area contributed by atoms with Crippen LogP contribution in [0.1, 0.15) is 104 Å². The Hall–Kier alpha value is -0.507. The van der Waals surface area contributed by atoms with Crippen molar-refractivity contribution in [1.82, 2.24) is 0 Å². The third-order valence-electron chi connectivity index (χ3n) is 4.89. The summed E-state index contributed by atoms with van der Waals surface area (Å²) in [5.74, 6) is -1.44. The van der Waals surface area contributed by atoms with E-state index >= 15 is 0 Å². The maximum Gasteiger partial charge on any atom is 0.168 e. The van der Waals surface area contributed by atoms with Gasteiger partial charge in [0.2, 0.25) is 0 Å². The van der Waals surface area contributed by atoms with E-state index in [-0.39, 0.29) is 31.9 Å². The van der Waals surface area contributed by atoms with Crippen molar-refractivity contribution in [2.45, 2.75) is 116 Å². The molecule has 1 N–H and O–H groups in total. The van der Waals surface area contributed by atoms with Gasteiger partial charge >= 0.3 is 0 Å². The molecule has 1 aromatic rings. The standard InChI is InChI=1S/C21H38N.C3H6O3.ClH.Zn/c1-2-3-4-5-6-7-8-9-10-11-12-13-14-16-19-22-20-17-15-18-21-22;1-2(4)3(5)6;;/h15,17-18,20-21H,2-14,16,19H2,1H3;2,4H,1H3,(H,5,6);1H;/q+1;;;/p-2. The van der Waals surface area contributed by atoms with Crippen molar-refractivity contribution < 1.29 is 51.5 Å². The number of aliphatic hydroxyl groups excluding tert-OH is 1. The first-order valence-corrected chi connectivity index (χ1v) is 11.4. The Labute approximate surface area is 204 Å². The molecular weight excluding hydrogens is 451 g/mol. The van der Waals surface area contributed by atoms with E-state index in [4.69, 9.17) is 5.11 Å². The fraction of sp³-hybridized carbons (Fsp3) is 0.750. The number of pyridine rings is 1. The van der Waals surface area contributed by atoms with Gasteiger partial charge in [-0.1, -0.05) is 90.0 Å². The van der Waals surface area contributed by atoms with Gasteiger partial charge < -0.3 is 27.4 Å². The van der Waals surface area contributed by atoms with Crippen molar-refractivity contribution in [3.8, 4) is 0 Å². The van der Waals surface area contributed by atoms with E-state index < -0.39 is 12.1 Å². The van der Waals surface area contributed by atoms with Gasteiger partial charge in [-0.3, -0.25) is 0 Å². The second kappa shape index (κ2) is 26.5. The molecule has 0 saturated carbocycles. The molecule has 1 aromatic heterocycles. The third kappa shape index (κ3) is 25.5. The van der Waals surface area contributed by atoms with Crippen LogP contribution in [0, 0.1) is 0 Å². The van der Waals surface area contributed by atoms with Gasteiger partial charge in [0.05, 0.1) is 12.1 Å². The summed E-state index contributed by atoms with van der Waals surface area (Å²) in [6.45, 7) is 4.61. The first-order valence-electron chi connectivity index (χ1n) is 11.4. The molecule has 0 radical (unpaired) electrons. The van der Waals surface area contributed by atoms with Crippen LogP contribution in [-0.4, -0.2) is 17.2 Å². The molecule has 0 aliphatic carbocycles. The molecule has 0 bridgehead atoms. The van der Waals surface area contributed by atoms with Crippen molar-refractivity contribution in [2.75, 3.05) is 0 Å². The zero-order chi connectivity index (χ0) is 20.9. The average Bonchev–Trinajstić information content (AvgIpc) is 2.69. The van der Waals surface area contributed by atoms with Crippen LogP contribution in [0.2, 0.25) is 0 Å². The number of aromatic nitrogens is 1. The van der Waals surface area contributed by atoms with Crippen LogP contribution in [0.15, 0.2) is 30.6 Å². The number of aliphatic carboxylic acids is 1. The summed E-state index contributed by atoms with van der Waals surface area (Å²) < 4.78 is 2.29. The van der Waals surface area contributed by atoms with Crippen molar-refractivity contribution >= 4 is 5.97 Å². The van der Waals surface area contributed by atoms with E-state index in [1.807, 2.05) is 0 Å². The summed E-state index contributed by atoms with van der Waals surface area (Å²) in [6.07, 6.45) is 23.1. The minimum atomic E-state index is -1.44. The molecule has 30 heavy (non-hydrogen) atoms. The number of nitrogens with zero attached hydrogens (tertiary/aromatic N) is 1. The van der Waals surface area contributed by atoms with Gasteiger partial charge in [-0.15, -0.1) is 0 Å². The zero-order valence-electron chi connectivity index (χ0n) is 19.4. The molecule has 0 fully saturated rings. The number of halogens is 1. The second-order valence-corrected chi connectivity index (χ2v) is 7.70. The van der Waals surface area contributed by atoms with Gasteiger partial charge in [-0.2, -0.15) is 0 Å².